The van der Waals surface area contributed by atoms with Crippen LogP contribution in [0.4, 0.5) is 13.2 Å². The molecule has 0 unspecified atom stereocenters. The van der Waals surface area contributed by atoms with E-state index in [-0.39, 0.29) is 12.2 Å². The second kappa shape index (κ2) is 5.08. The zero-order chi connectivity index (χ0) is 13.9. The van der Waals surface area contributed by atoms with Crippen LogP contribution in [0.1, 0.15) is 16.1 Å². The Kier molecular flexibility index (Phi) is 3.96. The number of halogens is 3. The Hall–Kier alpha value is -2.03. The predicted molar refractivity (Wildman–Crippen MR) is 52.3 cm³/mol. The van der Waals surface area contributed by atoms with Crippen LogP contribution in [0.5, 0.6) is 11.6 Å². The Morgan fingerprint density at radius 1 is 1.56 bits per heavy atom. The maximum Gasteiger partial charge on any atom is 0.574 e. The molecule has 0 aliphatic heterocycles. The summed E-state index contributed by atoms with van der Waals surface area (Å²) in [6.07, 6.45) is -5.01. The van der Waals surface area contributed by atoms with Gasteiger partial charge in [-0.3, -0.25) is 0 Å². The first kappa shape index (κ1) is 14.0. The Labute approximate surface area is 99.1 Å². The number of carboxylic acid groups (broad SMARTS) is 1. The lowest BCUT2D eigenvalue weighted by atomic mass is 10.2. The zero-order valence-electron chi connectivity index (χ0n) is 9.11. The number of carboxylic acids is 1. The molecule has 0 amide bonds. The van der Waals surface area contributed by atoms with Crippen LogP contribution >= 0.6 is 0 Å². The lowest BCUT2D eigenvalue weighted by Crippen LogP contribution is -2.20. The number of methoxy groups -OCH3 is 1. The molecule has 0 radical (unpaired) electrons. The summed E-state index contributed by atoms with van der Waals surface area (Å²) in [5, 5.41) is 8.85. The number of hydrogen-bond donors (Lipinski definition) is 2. The summed E-state index contributed by atoms with van der Waals surface area (Å²) in [4.78, 5) is 14.3. The number of aromatic carboxylic acids is 1. The van der Waals surface area contributed by atoms with E-state index in [4.69, 9.17) is 10.8 Å². The van der Waals surface area contributed by atoms with Crippen LogP contribution in [0.3, 0.4) is 0 Å². The van der Waals surface area contributed by atoms with E-state index in [1.165, 1.54) is 0 Å². The molecule has 1 heterocycles. The molecule has 0 aliphatic carbocycles. The molecule has 0 aromatic carbocycles. The normalized spacial score (nSPS) is 11.2. The van der Waals surface area contributed by atoms with Gasteiger partial charge in [0.1, 0.15) is 5.56 Å². The molecule has 0 saturated carbocycles. The molecule has 1 rings (SSSR count). The molecular formula is C9H9F3N2O4. The van der Waals surface area contributed by atoms with Gasteiger partial charge < -0.3 is 20.3 Å². The van der Waals surface area contributed by atoms with E-state index in [0.29, 0.717) is 0 Å². The lowest BCUT2D eigenvalue weighted by molar-refractivity contribution is -0.276. The number of nitrogens with zero attached hydrogens (tertiary/aromatic N) is 1. The molecule has 1 aromatic rings. The Morgan fingerprint density at radius 2 is 2.17 bits per heavy atom. The van der Waals surface area contributed by atoms with Crippen LogP contribution < -0.4 is 15.2 Å². The van der Waals surface area contributed by atoms with Crippen molar-refractivity contribution < 1.29 is 32.5 Å². The van der Waals surface area contributed by atoms with Gasteiger partial charge in [-0.25, -0.2) is 9.78 Å². The molecule has 18 heavy (non-hydrogen) atoms. The molecule has 0 fully saturated rings. The maximum absolute atomic E-state index is 12.1. The van der Waals surface area contributed by atoms with Crippen molar-refractivity contribution in [2.45, 2.75) is 12.9 Å². The second-order valence-corrected chi connectivity index (χ2v) is 3.06. The number of carbonyl (C=O) groups is 1. The van der Waals surface area contributed by atoms with E-state index in [9.17, 15) is 18.0 Å². The number of nitrogens with two attached hydrogens (primary N) is 1. The van der Waals surface area contributed by atoms with Crippen molar-refractivity contribution >= 4 is 5.97 Å². The number of pyridine rings is 1. The number of rotatable bonds is 4. The highest BCUT2D eigenvalue weighted by molar-refractivity contribution is 5.91. The fourth-order valence-corrected chi connectivity index (χ4v) is 1.20. The van der Waals surface area contributed by atoms with Crippen LogP contribution in [0, 0.1) is 0 Å². The second-order valence-electron chi connectivity index (χ2n) is 3.06. The predicted octanol–water partition coefficient (Wildman–Crippen LogP) is 1.15. The van der Waals surface area contributed by atoms with Crippen molar-refractivity contribution in [2.24, 2.45) is 5.73 Å². The molecule has 9 heteroatoms. The molecule has 0 bridgehead atoms. The van der Waals surface area contributed by atoms with Crippen LogP contribution in [0.2, 0.25) is 0 Å². The monoisotopic (exact) mass is 266 g/mol. The maximum atomic E-state index is 12.1. The average molecular weight is 266 g/mol. The van der Waals surface area contributed by atoms with E-state index in [2.05, 4.69) is 14.5 Å². The number of aromatic nitrogens is 1. The third kappa shape index (κ3) is 3.23. The largest absolute Gasteiger partial charge is 0.574 e. The number of ether oxygens (including phenoxy) is 2. The SMILES string of the molecule is COc1c(C(=O)O)cc(CN)nc1OC(F)(F)F. The van der Waals surface area contributed by atoms with Crippen LogP contribution in [0.25, 0.3) is 0 Å². The first-order valence-electron chi connectivity index (χ1n) is 4.55. The van der Waals surface area contributed by atoms with Crippen molar-refractivity contribution in [2.75, 3.05) is 7.11 Å². The van der Waals surface area contributed by atoms with Crippen LogP contribution in [0.15, 0.2) is 6.07 Å². The minimum atomic E-state index is -5.01. The molecule has 100 valence electrons. The molecule has 0 spiro atoms. The van der Waals surface area contributed by atoms with Gasteiger partial charge in [-0.05, 0) is 6.07 Å². The van der Waals surface area contributed by atoms with Gasteiger partial charge in [0, 0.05) is 6.54 Å². The van der Waals surface area contributed by atoms with Gasteiger partial charge in [-0.1, -0.05) is 0 Å². The van der Waals surface area contributed by atoms with E-state index in [1.807, 2.05) is 0 Å². The summed E-state index contributed by atoms with van der Waals surface area (Å²) in [6, 6.07) is 1.02. The number of alkyl halides is 3. The van der Waals surface area contributed by atoms with Gasteiger partial charge in [0.15, 0.2) is 5.75 Å². The molecule has 0 atom stereocenters. The molecule has 0 aliphatic rings. The zero-order valence-corrected chi connectivity index (χ0v) is 9.11. The van der Waals surface area contributed by atoms with Crippen LogP contribution in [-0.2, 0) is 6.54 Å². The van der Waals surface area contributed by atoms with E-state index in [1.54, 1.807) is 0 Å². The minimum absolute atomic E-state index is 0.0625. The topological polar surface area (TPSA) is 94.7 Å². The van der Waals surface area contributed by atoms with Gasteiger partial charge in [-0.2, -0.15) is 0 Å². The average Bonchev–Trinajstić information content (AvgIpc) is 2.25. The van der Waals surface area contributed by atoms with Gasteiger partial charge in [0.05, 0.1) is 12.8 Å². The molecule has 6 nitrogen and oxygen atoms in total. The highest BCUT2D eigenvalue weighted by Crippen LogP contribution is 2.33. The summed E-state index contributed by atoms with van der Waals surface area (Å²) in [6.45, 7) is -0.238. The molecular weight excluding hydrogens is 257 g/mol. The first-order chi connectivity index (χ1) is 8.28. The summed E-state index contributed by atoms with van der Waals surface area (Å²) in [5.74, 6) is -3.07. The summed E-state index contributed by atoms with van der Waals surface area (Å²) < 4.78 is 44.6. The lowest BCUT2D eigenvalue weighted by Gasteiger charge is -2.14. The van der Waals surface area contributed by atoms with E-state index >= 15 is 0 Å². The van der Waals surface area contributed by atoms with E-state index < -0.39 is 29.5 Å². The van der Waals surface area contributed by atoms with Crippen molar-refractivity contribution in [3.63, 3.8) is 0 Å². The Balaban J connectivity index is 3.37. The van der Waals surface area contributed by atoms with Gasteiger partial charge in [-0.15, -0.1) is 13.2 Å². The third-order valence-corrected chi connectivity index (χ3v) is 1.85. The van der Waals surface area contributed by atoms with E-state index in [0.717, 1.165) is 13.2 Å². The molecule has 3 N–H and O–H groups in total. The first-order valence-corrected chi connectivity index (χ1v) is 4.55. The van der Waals surface area contributed by atoms with Crippen molar-refractivity contribution in [3.8, 4) is 11.6 Å². The standard InChI is InChI=1S/C9H9F3N2O4/c1-17-6-5(8(15)16)2-4(3-13)14-7(6)18-9(10,11)12/h2H,3,13H2,1H3,(H,15,16). The fraction of sp³-hybridized carbons (Fsp3) is 0.333. The van der Waals surface area contributed by atoms with Gasteiger partial charge >= 0.3 is 12.3 Å². The minimum Gasteiger partial charge on any atom is -0.491 e. The van der Waals surface area contributed by atoms with Gasteiger partial charge in [0.25, 0.3) is 5.88 Å². The smallest absolute Gasteiger partial charge is 0.491 e. The molecule has 1 aromatic heterocycles. The van der Waals surface area contributed by atoms with Crippen LogP contribution in [-0.4, -0.2) is 29.5 Å². The van der Waals surface area contributed by atoms with Crippen molar-refractivity contribution in [3.05, 3.63) is 17.3 Å². The third-order valence-electron chi connectivity index (χ3n) is 1.85. The summed E-state index contributed by atoms with van der Waals surface area (Å²) in [5.41, 5.74) is 4.64. The fourth-order valence-electron chi connectivity index (χ4n) is 1.20. The number of hydrogen-bond acceptors (Lipinski definition) is 5. The quantitative estimate of drug-likeness (QED) is 0.848. The van der Waals surface area contributed by atoms with Crippen molar-refractivity contribution in [1.29, 1.82) is 0 Å². The Morgan fingerprint density at radius 3 is 2.56 bits per heavy atom. The Bertz CT molecular complexity index is 462. The molecule has 0 saturated heterocycles. The summed E-state index contributed by atoms with van der Waals surface area (Å²) >= 11 is 0. The summed E-state index contributed by atoms with van der Waals surface area (Å²) in [7, 11) is 1.01. The highest BCUT2D eigenvalue weighted by atomic mass is 19.4. The van der Waals surface area contributed by atoms with Crippen molar-refractivity contribution in [1.82, 2.24) is 4.98 Å². The highest BCUT2D eigenvalue weighted by Gasteiger charge is 2.34. The van der Waals surface area contributed by atoms with Gasteiger partial charge in [0.2, 0.25) is 0 Å².